The van der Waals surface area contributed by atoms with Crippen molar-refractivity contribution in [2.45, 2.75) is 58.0 Å². The lowest BCUT2D eigenvalue weighted by molar-refractivity contribution is -0.127. The predicted molar refractivity (Wildman–Crippen MR) is 179 cm³/mol. The summed E-state index contributed by atoms with van der Waals surface area (Å²) in [7, 11) is 2.20. The van der Waals surface area contributed by atoms with Crippen LogP contribution in [0.4, 0.5) is 23.0 Å². The molecule has 1 aromatic carbocycles. The van der Waals surface area contributed by atoms with Crippen molar-refractivity contribution in [1.82, 2.24) is 24.7 Å². The smallest absolute Gasteiger partial charge is 0.271 e. The molecule has 2 aromatic rings. The Bertz CT molecular complexity index is 1350. The third kappa shape index (κ3) is 7.85. The molecule has 2 amide bonds. The molecular weight excluding hydrogens is 570 g/mol. The van der Waals surface area contributed by atoms with Gasteiger partial charge in [-0.25, -0.2) is 9.97 Å². The number of nitrogens with zero attached hydrogens (tertiary/aromatic N) is 6. The lowest BCUT2D eigenvalue weighted by Gasteiger charge is -2.42. The number of primary amides is 1. The van der Waals surface area contributed by atoms with Gasteiger partial charge < -0.3 is 35.8 Å². The molecule has 3 fully saturated rings. The minimum Gasteiger partial charge on any atom is -0.492 e. The number of nitrogens with one attached hydrogen (secondary N) is 2. The average molecular weight is 620 g/mol. The van der Waals surface area contributed by atoms with Crippen LogP contribution in [0.3, 0.4) is 0 Å². The molecule has 0 aliphatic carbocycles. The normalized spacial score (nSPS) is 20.1. The van der Waals surface area contributed by atoms with E-state index in [0.717, 1.165) is 82.1 Å². The molecule has 0 saturated carbocycles. The molecule has 12 heteroatoms. The van der Waals surface area contributed by atoms with Gasteiger partial charge >= 0.3 is 0 Å². The van der Waals surface area contributed by atoms with E-state index in [4.69, 9.17) is 15.5 Å². The van der Waals surface area contributed by atoms with Crippen molar-refractivity contribution >= 4 is 34.8 Å². The maximum Gasteiger partial charge on any atom is 0.271 e. The van der Waals surface area contributed by atoms with Gasteiger partial charge in [0.15, 0.2) is 17.3 Å². The first-order chi connectivity index (χ1) is 21.8. The first-order valence-corrected chi connectivity index (χ1v) is 16.4. The van der Waals surface area contributed by atoms with Crippen molar-refractivity contribution in [3.05, 3.63) is 42.2 Å². The quantitative estimate of drug-likeness (QED) is 0.323. The van der Waals surface area contributed by atoms with E-state index in [-0.39, 0.29) is 23.5 Å². The minimum atomic E-state index is -0.656. The molecule has 3 aliphatic heterocycles. The highest BCUT2D eigenvalue weighted by molar-refractivity contribution is 5.96. The zero-order valence-electron chi connectivity index (χ0n) is 27.1. The molecule has 244 valence electrons. The zero-order chi connectivity index (χ0) is 31.9. The molecule has 0 radical (unpaired) electrons. The Hall–Kier alpha value is -3.90. The molecule has 3 saturated heterocycles. The van der Waals surface area contributed by atoms with Crippen molar-refractivity contribution in [2.24, 2.45) is 5.73 Å². The number of nitrogens with two attached hydrogens (primary N) is 1. The number of likely N-dealkylation sites (tertiary alicyclic amines) is 1. The average Bonchev–Trinajstić information content (AvgIpc) is 3.05. The number of piperidine rings is 2. The summed E-state index contributed by atoms with van der Waals surface area (Å²) in [5.41, 5.74) is 8.29. The lowest BCUT2D eigenvalue weighted by Crippen LogP contribution is -2.52. The van der Waals surface area contributed by atoms with Gasteiger partial charge in [-0.3, -0.25) is 14.5 Å². The Morgan fingerprint density at radius 1 is 1.04 bits per heavy atom. The molecule has 0 bridgehead atoms. The van der Waals surface area contributed by atoms with Crippen LogP contribution in [0.15, 0.2) is 30.9 Å². The molecular formula is C33H49N9O3. The van der Waals surface area contributed by atoms with E-state index in [1.54, 1.807) is 4.90 Å². The van der Waals surface area contributed by atoms with E-state index in [2.05, 4.69) is 50.0 Å². The molecule has 1 atom stereocenters. The summed E-state index contributed by atoms with van der Waals surface area (Å²) in [4.78, 5) is 43.4. The van der Waals surface area contributed by atoms with Crippen LogP contribution in [0.2, 0.25) is 0 Å². The van der Waals surface area contributed by atoms with E-state index in [0.29, 0.717) is 43.7 Å². The van der Waals surface area contributed by atoms with E-state index >= 15 is 0 Å². The molecule has 12 nitrogen and oxygen atoms in total. The van der Waals surface area contributed by atoms with E-state index in [1.807, 2.05) is 26.0 Å². The Labute approximate surface area is 267 Å². The first-order valence-electron chi connectivity index (χ1n) is 16.4. The number of aryl methyl sites for hydroxylation is 1. The van der Waals surface area contributed by atoms with Crippen LogP contribution in [-0.4, -0.2) is 115 Å². The second-order valence-corrected chi connectivity index (χ2v) is 12.2. The number of benzene rings is 1. The fourth-order valence-electron chi connectivity index (χ4n) is 6.63. The summed E-state index contributed by atoms with van der Waals surface area (Å²) < 4.78 is 6.12. The van der Waals surface area contributed by atoms with Crippen molar-refractivity contribution in [2.75, 3.05) is 81.5 Å². The van der Waals surface area contributed by atoms with Crippen LogP contribution in [0.25, 0.3) is 0 Å². The number of aromatic nitrogens is 2. The zero-order valence-corrected chi connectivity index (χ0v) is 27.1. The van der Waals surface area contributed by atoms with E-state index in [1.165, 1.54) is 6.08 Å². The number of piperazine rings is 1. The third-order valence-electron chi connectivity index (χ3n) is 9.17. The van der Waals surface area contributed by atoms with Gasteiger partial charge in [0.25, 0.3) is 5.91 Å². The molecule has 1 aromatic heterocycles. The molecule has 4 heterocycles. The van der Waals surface area contributed by atoms with Crippen LogP contribution in [-0.2, 0) is 11.2 Å². The molecule has 0 unspecified atom stereocenters. The van der Waals surface area contributed by atoms with Gasteiger partial charge in [0.1, 0.15) is 5.75 Å². The second-order valence-electron chi connectivity index (χ2n) is 12.2. The number of hydrogen-bond donors (Lipinski definition) is 3. The Morgan fingerprint density at radius 2 is 1.80 bits per heavy atom. The summed E-state index contributed by atoms with van der Waals surface area (Å²) in [6.45, 7) is 15.9. The Kier molecular flexibility index (Phi) is 10.8. The van der Waals surface area contributed by atoms with Crippen LogP contribution >= 0.6 is 0 Å². The monoisotopic (exact) mass is 619 g/mol. The maximum absolute atomic E-state index is 12.5. The summed E-state index contributed by atoms with van der Waals surface area (Å²) in [5.74, 6) is 0.902. The standard InChI is InChI=1S/C33H49N9O3/c1-5-26-32(36-24-9-8-14-42(22-24)29(43)6-2)38-33(30(37-26)31(34)44)35-23-10-11-27(28(21-23)45-7-3)41-15-12-25(13-16-41)40-19-17-39(4)18-20-40/h6,10-11,21,24-25H,2,5,7-9,12-20,22H2,1,3-4H3,(H2,34,44)(H2,35,36,38)/t24-/m1/s1. The van der Waals surface area contributed by atoms with Crippen LogP contribution in [0.1, 0.15) is 55.7 Å². The molecule has 3 aliphatic rings. The second kappa shape index (κ2) is 14.9. The summed E-state index contributed by atoms with van der Waals surface area (Å²) in [6, 6.07) is 6.65. The Morgan fingerprint density at radius 3 is 2.47 bits per heavy atom. The Balaban J connectivity index is 1.33. The molecule has 0 spiro atoms. The van der Waals surface area contributed by atoms with E-state index < -0.39 is 5.91 Å². The number of rotatable bonds is 11. The highest BCUT2D eigenvalue weighted by atomic mass is 16.5. The van der Waals surface area contributed by atoms with Crippen molar-refractivity contribution in [1.29, 1.82) is 0 Å². The van der Waals surface area contributed by atoms with E-state index in [9.17, 15) is 9.59 Å². The third-order valence-corrected chi connectivity index (χ3v) is 9.17. The first kappa shape index (κ1) is 32.5. The predicted octanol–water partition coefficient (Wildman–Crippen LogP) is 3.09. The topological polar surface area (TPSA) is 132 Å². The van der Waals surface area contributed by atoms with Crippen LogP contribution in [0.5, 0.6) is 5.75 Å². The highest BCUT2D eigenvalue weighted by Gasteiger charge is 2.28. The summed E-state index contributed by atoms with van der Waals surface area (Å²) in [6.07, 6.45) is 5.93. The number of amides is 2. The minimum absolute atomic E-state index is 0.00115. The van der Waals surface area contributed by atoms with Crippen molar-refractivity contribution in [3.63, 3.8) is 0 Å². The molecule has 45 heavy (non-hydrogen) atoms. The fraction of sp³-hybridized carbons (Fsp3) is 0.576. The molecule has 4 N–H and O–H groups in total. The van der Waals surface area contributed by atoms with Gasteiger partial charge in [-0.15, -0.1) is 0 Å². The summed E-state index contributed by atoms with van der Waals surface area (Å²) in [5, 5.41) is 6.78. The number of anilines is 4. The SMILES string of the molecule is C=CC(=O)N1CCC[C@@H](Nc2nc(Nc3ccc(N4CCC(N5CCN(C)CC5)CC4)c(OCC)c3)c(C(N)=O)nc2CC)C1. The van der Waals surface area contributed by atoms with Crippen molar-refractivity contribution in [3.8, 4) is 5.75 Å². The maximum atomic E-state index is 12.5. The van der Waals surface area contributed by atoms with Gasteiger partial charge in [0, 0.05) is 76.2 Å². The van der Waals surface area contributed by atoms with Gasteiger partial charge in [0.2, 0.25) is 5.91 Å². The summed E-state index contributed by atoms with van der Waals surface area (Å²) >= 11 is 0. The lowest BCUT2D eigenvalue weighted by atomic mass is 10.0. The van der Waals surface area contributed by atoms with Gasteiger partial charge in [-0.2, -0.15) is 0 Å². The fourth-order valence-corrected chi connectivity index (χ4v) is 6.63. The van der Waals surface area contributed by atoms with Gasteiger partial charge in [0.05, 0.1) is 18.0 Å². The van der Waals surface area contributed by atoms with Gasteiger partial charge in [-0.1, -0.05) is 13.5 Å². The number of carbonyl (C=O) groups is 2. The number of likely N-dealkylation sites (N-methyl/N-ethyl adjacent to an activating group) is 1. The largest absolute Gasteiger partial charge is 0.492 e. The van der Waals surface area contributed by atoms with Crippen molar-refractivity contribution < 1.29 is 14.3 Å². The van der Waals surface area contributed by atoms with Crippen LogP contribution < -0.4 is 26.0 Å². The number of carbonyl (C=O) groups excluding carboxylic acids is 2. The van der Waals surface area contributed by atoms with Gasteiger partial charge in [-0.05, 0) is 64.3 Å². The van der Waals surface area contributed by atoms with Crippen LogP contribution in [0, 0.1) is 0 Å². The highest BCUT2D eigenvalue weighted by Crippen LogP contribution is 2.35. The molecule has 5 rings (SSSR count). The number of hydrogen-bond acceptors (Lipinski definition) is 10. The number of ether oxygens (including phenoxy) is 1.